The summed E-state index contributed by atoms with van der Waals surface area (Å²) in [6.45, 7) is 6.41. The number of nitrogens with zero attached hydrogens (tertiary/aromatic N) is 4. The lowest BCUT2D eigenvalue weighted by Gasteiger charge is -2.14. The molecule has 2 heterocycles. The highest BCUT2D eigenvalue weighted by atomic mass is 16.3. The molecule has 0 aliphatic carbocycles. The van der Waals surface area contributed by atoms with E-state index in [2.05, 4.69) is 33.7 Å². The number of carbonyl (C=O) groups excluding carboxylic acids is 1. The number of nitrogens with one attached hydrogen (secondary N) is 2. The van der Waals surface area contributed by atoms with Crippen molar-refractivity contribution in [2.75, 3.05) is 33.7 Å². The number of furan rings is 1. The summed E-state index contributed by atoms with van der Waals surface area (Å²) >= 11 is 0. The highest BCUT2D eigenvalue weighted by Crippen LogP contribution is 2.02. The van der Waals surface area contributed by atoms with E-state index < -0.39 is 0 Å². The van der Waals surface area contributed by atoms with Crippen LogP contribution in [0.15, 0.2) is 33.9 Å². The lowest BCUT2D eigenvalue weighted by atomic mass is 10.3. The van der Waals surface area contributed by atoms with Crippen LogP contribution >= 0.6 is 0 Å². The maximum atomic E-state index is 11.8. The summed E-state index contributed by atoms with van der Waals surface area (Å²) in [5, 5.41) is 11.0. The van der Waals surface area contributed by atoms with Gasteiger partial charge in [-0.05, 0) is 38.5 Å². The SMILES string of the molecule is Cc1cc(C)n(CCCNC(=NCC(=O)N(C)C)NCCc2ccco2)n1. The molecule has 1 amide bonds. The number of amides is 1. The van der Waals surface area contributed by atoms with E-state index in [0.29, 0.717) is 12.5 Å². The lowest BCUT2D eigenvalue weighted by molar-refractivity contribution is -0.127. The van der Waals surface area contributed by atoms with E-state index in [0.717, 1.165) is 43.1 Å². The van der Waals surface area contributed by atoms with Crippen molar-refractivity contribution in [1.29, 1.82) is 0 Å². The summed E-state index contributed by atoms with van der Waals surface area (Å²) in [5.41, 5.74) is 2.19. The molecule has 8 heteroatoms. The number of hydrogen-bond acceptors (Lipinski definition) is 4. The molecule has 0 saturated carbocycles. The highest BCUT2D eigenvalue weighted by Gasteiger charge is 2.06. The fourth-order valence-electron chi connectivity index (χ4n) is 2.56. The molecule has 0 atom stereocenters. The van der Waals surface area contributed by atoms with Crippen molar-refractivity contribution in [1.82, 2.24) is 25.3 Å². The summed E-state index contributed by atoms with van der Waals surface area (Å²) < 4.78 is 7.34. The zero-order valence-electron chi connectivity index (χ0n) is 16.7. The molecule has 0 aromatic carbocycles. The van der Waals surface area contributed by atoms with Crippen LogP contribution in [0.5, 0.6) is 0 Å². The first kappa shape index (κ1) is 20.5. The van der Waals surface area contributed by atoms with Crippen molar-refractivity contribution >= 4 is 11.9 Å². The van der Waals surface area contributed by atoms with Crippen LogP contribution in [0.4, 0.5) is 0 Å². The van der Waals surface area contributed by atoms with Crippen LogP contribution in [-0.4, -0.2) is 60.3 Å². The molecular formula is C19H30N6O2. The lowest BCUT2D eigenvalue weighted by Crippen LogP contribution is -2.40. The Bertz CT molecular complexity index is 733. The summed E-state index contributed by atoms with van der Waals surface area (Å²) in [4.78, 5) is 17.7. The molecule has 0 aliphatic rings. The third-order valence-corrected chi connectivity index (χ3v) is 4.06. The number of hydrogen-bond donors (Lipinski definition) is 2. The largest absolute Gasteiger partial charge is 0.469 e. The Hall–Kier alpha value is -2.77. The molecule has 0 radical (unpaired) electrons. The molecule has 8 nitrogen and oxygen atoms in total. The molecule has 148 valence electrons. The number of aryl methyl sites for hydroxylation is 3. The van der Waals surface area contributed by atoms with E-state index >= 15 is 0 Å². The van der Waals surface area contributed by atoms with Gasteiger partial charge in [-0.2, -0.15) is 5.10 Å². The van der Waals surface area contributed by atoms with Crippen LogP contribution < -0.4 is 10.6 Å². The molecule has 0 saturated heterocycles. The van der Waals surface area contributed by atoms with Gasteiger partial charge in [0, 0.05) is 45.8 Å². The number of carbonyl (C=O) groups is 1. The van der Waals surface area contributed by atoms with Crippen LogP contribution in [0.2, 0.25) is 0 Å². The number of aliphatic imine (C=N–C) groups is 1. The predicted octanol–water partition coefficient (Wildman–Crippen LogP) is 1.35. The molecule has 0 spiro atoms. The Morgan fingerprint density at radius 2 is 2.07 bits per heavy atom. The normalized spacial score (nSPS) is 11.5. The van der Waals surface area contributed by atoms with Crippen LogP contribution in [0.25, 0.3) is 0 Å². The van der Waals surface area contributed by atoms with Gasteiger partial charge in [0.1, 0.15) is 12.3 Å². The molecule has 0 fully saturated rings. The second-order valence-corrected chi connectivity index (χ2v) is 6.64. The van der Waals surface area contributed by atoms with Crippen molar-refractivity contribution in [2.24, 2.45) is 4.99 Å². The minimum atomic E-state index is -0.0372. The predicted molar refractivity (Wildman–Crippen MR) is 106 cm³/mol. The molecule has 0 aliphatic heterocycles. The Labute approximate surface area is 160 Å². The molecule has 2 aromatic rings. The van der Waals surface area contributed by atoms with Gasteiger partial charge >= 0.3 is 0 Å². The average Bonchev–Trinajstić information content (AvgIpc) is 3.24. The third-order valence-electron chi connectivity index (χ3n) is 4.06. The summed E-state index contributed by atoms with van der Waals surface area (Å²) in [6, 6.07) is 5.89. The second-order valence-electron chi connectivity index (χ2n) is 6.64. The fourth-order valence-corrected chi connectivity index (χ4v) is 2.56. The van der Waals surface area contributed by atoms with E-state index in [9.17, 15) is 4.79 Å². The summed E-state index contributed by atoms with van der Waals surface area (Å²) in [6.07, 6.45) is 3.32. The van der Waals surface area contributed by atoms with Crippen molar-refractivity contribution in [3.63, 3.8) is 0 Å². The first-order valence-corrected chi connectivity index (χ1v) is 9.21. The minimum Gasteiger partial charge on any atom is -0.469 e. The molecule has 27 heavy (non-hydrogen) atoms. The van der Waals surface area contributed by atoms with Crippen molar-refractivity contribution < 1.29 is 9.21 Å². The van der Waals surface area contributed by atoms with Crippen molar-refractivity contribution in [2.45, 2.75) is 33.2 Å². The summed E-state index contributed by atoms with van der Waals surface area (Å²) in [5.74, 6) is 1.51. The van der Waals surface area contributed by atoms with E-state index in [1.54, 1.807) is 20.4 Å². The zero-order chi connectivity index (χ0) is 19.6. The van der Waals surface area contributed by atoms with Gasteiger partial charge in [0.2, 0.25) is 5.91 Å². The molecular weight excluding hydrogens is 344 g/mol. The van der Waals surface area contributed by atoms with Gasteiger partial charge in [-0.25, -0.2) is 4.99 Å². The fraction of sp³-hybridized carbons (Fsp3) is 0.526. The molecule has 2 N–H and O–H groups in total. The Kier molecular flexibility index (Phi) is 7.91. The number of aromatic nitrogens is 2. The van der Waals surface area contributed by atoms with E-state index in [4.69, 9.17) is 4.42 Å². The monoisotopic (exact) mass is 374 g/mol. The Morgan fingerprint density at radius 1 is 1.30 bits per heavy atom. The average molecular weight is 374 g/mol. The molecule has 0 bridgehead atoms. The number of likely N-dealkylation sites (N-methyl/N-ethyl adjacent to an activating group) is 1. The standard InChI is InChI=1S/C19H30N6O2/c1-15-13-16(2)25(23-15)11-6-9-20-19(22-14-18(26)24(3)4)21-10-8-17-7-5-12-27-17/h5,7,12-13H,6,8-11,14H2,1-4H3,(H2,20,21,22). The van der Waals surface area contributed by atoms with Gasteiger partial charge in [-0.1, -0.05) is 0 Å². The van der Waals surface area contributed by atoms with Crippen molar-refractivity contribution in [3.8, 4) is 0 Å². The third kappa shape index (κ3) is 7.16. The molecule has 0 unspecified atom stereocenters. The Balaban J connectivity index is 1.81. The van der Waals surface area contributed by atoms with E-state index in [1.807, 2.05) is 23.7 Å². The summed E-state index contributed by atoms with van der Waals surface area (Å²) in [7, 11) is 3.45. The van der Waals surface area contributed by atoms with Gasteiger partial charge < -0.3 is 20.0 Å². The van der Waals surface area contributed by atoms with Crippen molar-refractivity contribution in [3.05, 3.63) is 41.6 Å². The van der Waals surface area contributed by atoms with Gasteiger partial charge in [0.25, 0.3) is 0 Å². The first-order valence-electron chi connectivity index (χ1n) is 9.21. The topological polar surface area (TPSA) is 87.7 Å². The quantitative estimate of drug-likeness (QED) is 0.393. The minimum absolute atomic E-state index is 0.0372. The van der Waals surface area contributed by atoms with E-state index in [-0.39, 0.29) is 12.5 Å². The highest BCUT2D eigenvalue weighted by molar-refractivity contribution is 5.84. The molecule has 2 rings (SSSR count). The van der Waals surface area contributed by atoms with E-state index in [1.165, 1.54) is 4.90 Å². The van der Waals surface area contributed by atoms with Gasteiger partial charge in [0.15, 0.2) is 5.96 Å². The number of rotatable bonds is 9. The maximum Gasteiger partial charge on any atom is 0.243 e. The van der Waals surface area contributed by atoms with Crippen LogP contribution in [0.1, 0.15) is 23.6 Å². The number of guanidine groups is 1. The van der Waals surface area contributed by atoms with Gasteiger partial charge in [-0.15, -0.1) is 0 Å². The van der Waals surface area contributed by atoms with Gasteiger partial charge in [-0.3, -0.25) is 9.48 Å². The maximum absolute atomic E-state index is 11.8. The Morgan fingerprint density at radius 3 is 2.70 bits per heavy atom. The van der Waals surface area contributed by atoms with Crippen LogP contribution in [-0.2, 0) is 17.8 Å². The van der Waals surface area contributed by atoms with Crippen LogP contribution in [0.3, 0.4) is 0 Å². The first-order chi connectivity index (χ1) is 13.0. The zero-order valence-corrected chi connectivity index (χ0v) is 16.7. The van der Waals surface area contributed by atoms with Gasteiger partial charge in [0.05, 0.1) is 12.0 Å². The molecule has 2 aromatic heterocycles. The smallest absolute Gasteiger partial charge is 0.243 e. The van der Waals surface area contributed by atoms with Crippen LogP contribution in [0, 0.1) is 13.8 Å². The second kappa shape index (κ2) is 10.4.